The van der Waals surface area contributed by atoms with E-state index in [1.54, 1.807) is 30.3 Å². The number of hydrogen-bond acceptors (Lipinski definition) is 6. The van der Waals surface area contributed by atoms with Crippen molar-refractivity contribution in [3.63, 3.8) is 0 Å². The van der Waals surface area contributed by atoms with Crippen LogP contribution in [-0.2, 0) is 14.3 Å². The van der Waals surface area contributed by atoms with Gasteiger partial charge in [-0.25, -0.2) is 4.79 Å². The van der Waals surface area contributed by atoms with E-state index < -0.39 is 29.5 Å². The molecule has 166 valence electrons. The fourth-order valence-corrected chi connectivity index (χ4v) is 3.54. The number of hydrogen-bond donors (Lipinski definition) is 1. The van der Waals surface area contributed by atoms with Crippen molar-refractivity contribution in [2.45, 2.75) is 6.04 Å². The molecule has 1 N–H and O–H groups in total. The summed E-state index contributed by atoms with van der Waals surface area (Å²) in [5, 5.41) is 10.6. The molecule has 0 radical (unpaired) electrons. The topological polar surface area (TPSA) is 87.2 Å². The number of esters is 1. The fraction of sp³-hybridized carbons (Fsp3) is 0.240. The van der Waals surface area contributed by atoms with Crippen molar-refractivity contribution < 1.29 is 24.2 Å². The maximum absolute atomic E-state index is 13.1. The Morgan fingerprint density at radius 3 is 2.34 bits per heavy atom. The minimum Gasteiger partial charge on any atom is -0.503 e. The van der Waals surface area contributed by atoms with Crippen LogP contribution in [0.5, 0.6) is 0 Å². The summed E-state index contributed by atoms with van der Waals surface area (Å²) >= 11 is 0. The number of ether oxygens (including phenoxy) is 1. The van der Waals surface area contributed by atoms with Crippen molar-refractivity contribution in [1.82, 2.24) is 9.80 Å². The number of amides is 1. The lowest BCUT2D eigenvalue weighted by molar-refractivity contribution is -0.129. The highest BCUT2D eigenvalue weighted by Gasteiger charge is 2.42. The number of nitrogens with zero attached hydrogens (tertiary/aromatic N) is 2. The molecule has 1 unspecified atom stereocenters. The molecule has 7 heteroatoms. The van der Waals surface area contributed by atoms with E-state index in [1.165, 1.54) is 18.1 Å². The van der Waals surface area contributed by atoms with Crippen LogP contribution in [0.4, 0.5) is 0 Å². The maximum atomic E-state index is 13.1. The Labute approximate surface area is 187 Å². The maximum Gasteiger partial charge on any atom is 0.337 e. The van der Waals surface area contributed by atoms with Crippen LogP contribution in [0.25, 0.3) is 6.08 Å². The monoisotopic (exact) mass is 434 g/mol. The number of rotatable bonds is 8. The summed E-state index contributed by atoms with van der Waals surface area (Å²) in [5.74, 6) is -2.07. The van der Waals surface area contributed by atoms with Gasteiger partial charge in [-0.15, -0.1) is 0 Å². The number of aliphatic hydroxyl groups is 1. The van der Waals surface area contributed by atoms with E-state index in [9.17, 15) is 19.5 Å². The van der Waals surface area contributed by atoms with Gasteiger partial charge in [0.15, 0.2) is 11.5 Å². The Hall–Kier alpha value is -3.71. The molecule has 3 rings (SSSR count). The zero-order chi connectivity index (χ0) is 23.3. The minimum atomic E-state index is -0.762. The van der Waals surface area contributed by atoms with Gasteiger partial charge in [-0.3, -0.25) is 9.59 Å². The summed E-state index contributed by atoms with van der Waals surface area (Å²) in [5.41, 5.74) is 1.82. The fourth-order valence-electron chi connectivity index (χ4n) is 3.54. The quantitative estimate of drug-likeness (QED) is 0.508. The van der Waals surface area contributed by atoms with Gasteiger partial charge in [0.2, 0.25) is 0 Å². The predicted molar refractivity (Wildman–Crippen MR) is 121 cm³/mol. The number of methoxy groups -OCH3 is 1. The Kier molecular flexibility index (Phi) is 7.22. The van der Waals surface area contributed by atoms with Crippen LogP contribution in [0.2, 0.25) is 0 Å². The molecular weight excluding hydrogens is 408 g/mol. The van der Waals surface area contributed by atoms with E-state index in [2.05, 4.69) is 0 Å². The number of allylic oxidation sites excluding steroid dienone is 1. The molecule has 0 fully saturated rings. The number of carbonyl (C=O) groups excluding carboxylic acids is 3. The van der Waals surface area contributed by atoms with Gasteiger partial charge in [0.1, 0.15) is 0 Å². The highest BCUT2D eigenvalue weighted by Crippen LogP contribution is 2.38. The van der Waals surface area contributed by atoms with E-state index in [1.807, 2.05) is 49.3 Å². The predicted octanol–water partition coefficient (Wildman–Crippen LogP) is 3.01. The van der Waals surface area contributed by atoms with Crippen LogP contribution < -0.4 is 0 Å². The molecule has 0 saturated carbocycles. The molecule has 1 amide bonds. The molecule has 2 aromatic rings. The zero-order valence-electron chi connectivity index (χ0n) is 18.3. The van der Waals surface area contributed by atoms with Crippen molar-refractivity contribution in [2.75, 3.05) is 34.3 Å². The van der Waals surface area contributed by atoms with E-state index in [0.29, 0.717) is 24.2 Å². The smallest absolute Gasteiger partial charge is 0.337 e. The van der Waals surface area contributed by atoms with Gasteiger partial charge in [-0.1, -0.05) is 48.5 Å². The van der Waals surface area contributed by atoms with Crippen molar-refractivity contribution >= 4 is 23.7 Å². The second kappa shape index (κ2) is 10.1. The van der Waals surface area contributed by atoms with E-state index >= 15 is 0 Å². The molecule has 1 aliphatic rings. The van der Waals surface area contributed by atoms with Gasteiger partial charge in [-0.05, 0) is 43.4 Å². The van der Waals surface area contributed by atoms with Crippen molar-refractivity contribution in [3.8, 4) is 0 Å². The molecule has 0 saturated heterocycles. The first-order chi connectivity index (χ1) is 15.3. The summed E-state index contributed by atoms with van der Waals surface area (Å²) in [4.78, 5) is 41.1. The molecule has 1 heterocycles. The summed E-state index contributed by atoms with van der Waals surface area (Å²) in [7, 11) is 5.05. The number of carbonyl (C=O) groups is 3. The summed E-state index contributed by atoms with van der Waals surface area (Å²) < 4.78 is 4.73. The molecule has 32 heavy (non-hydrogen) atoms. The number of likely N-dealkylation sites (N-methyl/N-ethyl adjacent to an activating group) is 1. The first-order valence-electron chi connectivity index (χ1n) is 10.2. The number of benzene rings is 2. The standard InChI is InChI=1S/C25H26N2O5/c1-26(2)15-16-27-22(18-10-12-19(13-11-18)25(31)32-3)21(23(29)24(27)30)20(28)14-9-17-7-5-4-6-8-17/h4-14,22,29H,15-16H2,1-3H3/b14-9+. The molecule has 1 atom stereocenters. The molecule has 7 nitrogen and oxygen atoms in total. The van der Waals surface area contributed by atoms with Crippen LogP contribution >= 0.6 is 0 Å². The number of aliphatic hydroxyl groups excluding tert-OH is 1. The highest BCUT2D eigenvalue weighted by atomic mass is 16.5. The lowest BCUT2D eigenvalue weighted by atomic mass is 9.95. The zero-order valence-corrected chi connectivity index (χ0v) is 18.3. The third kappa shape index (κ3) is 4.95. The second-order valence-corrected chi connectivity index (χ2v) is 7.69. The molecule has 0 aromatic heterocycles. The van der Waals surface area contributed by atoms with Gasteiger partial charge in [0.25, 0.3) is 5.91 Å². The summed E-state index contributed by atoms with van der Waals surface area (Å²) in [6, 6.07) is 15.0. The third-order valence-corrected chi connectivity index (χ3v) is 5.23. The van der Waals surface area contributed by atoms with Gasteiger partial charge < -0.3 is 19.6 Å². The van der Waals surface area contributed by atoms with Crippen LogP contribution in [0.1, 0.15) is 27.5 Å². The minimum absolute atomic E-state index is 0.0201. The van der Waals surface area contributed by atoms with Gasteiger partial charge in [0.05, 0.1) is 24.3 Å². The third-order valence-electron chi connectivity index (χ3n) is 5.23. The second-order valence-electron chi connectivity index (χ2n) is 7.69. The molecule has 1 aliphatic heterocycles. The SMILES string of the molecule is COC(=O)c1ccc(C2C(C(=O)/C=C/c3ccccc3)=C(O)C(=O)N2CCN(C)C)cc1. The average Bonchev–Trinajstić information content (AvgIpc) is 3.06. The Morgan fingerprint density at radius 2 is 1.75 bits per heavy atom. The van der Waals surface area contributed by atoms with Crippen LogP contribution in [0, 0.1) is 0 Å². The van der Waals surface area contributed by atoms with Crippen molar-refractivity contribution in [3.05, 3.63) is 88.7 Å². The normalized spacial score (nSPS) is 16.3. The largest absolute Gasteiger partial charge is 0.503 e. The summed E-state index contributed by atoms with van der Waals surface area (Å²) in [6.07, 6.45) is 3.01. The van der Waals surface area contributed by atoms with Gasteiger partial charge in [0, 0.05) is 13.1 Å². The van der Waals surface area contributed by atoms with Crippen LogP contribution in [-0.4, -0.2) is 66.9 Å². The molecule has 0 bridgehead atoms. The first kappa shape index (κ1) is 23.0. The molecule has 0 spiro atoms. The molecule has 2 aromatic carbocycles. The average molecular weight is 434 g/mol. The van der Waals surface area contributed by atoms with Crippen LogP contribution in [0.15, 0.2) is 72.0 Å². The van der Waals surface area contributed by atoms with Crippen LogP contribution in [0.3, 0.4) is 0 Å². The van der Waals surface area contributed by atoms with Gasteiger partial charge in [-0.2, -0.15) is 0 Å². The highest BCUT2D eigenvalue weighted by molar-refractivity contribution is 6.14. The summed E-state index contributed by atoms with van der Waals surface area (Å²) in [6.45, 7) is 0.871. The Bertz CT molecular complexity index is 1060. The van der Waals surface area contributed by atoms with E-state index in [4.69, 9.17) is 4.74 Å². The first-order valence-corrected chi connectivity index (χ1v) is 10.2. The molecular formula is C25H26N2O5. The van der Waals surface area contributed by atoms with Crippen molar-refractivity contribution in [2.24, 2.45) is 0 Å². The van der Waals surface area contributed by atoms with E-state index in [-0.39, 0.29) is 5.57 Å². The number of ketones is 1. The van der Waals surface area contributed by atoms with E-state index in [0.717, 1.165) is 5.56 Å². The Morgan fingerprint density at radius 1 is 1.09 bits per heavy atom. The molecule has 0 aliphatic carbocycles. The lowest BCUT2D eigenvalue weighted by Crippen LogP contribution is -2.36. The Balaban J connectivity index is 1.98. The van der Waals surface area contributed by atoms with Gasteiger partial charge >= 0.3 is 5.97 Å². The van der Waals surface area contributed by atoms with Crippen molar-refractivity contribution in [1.29, 1.82) is 0 Å². The lowest BCUT2D eigenvalue weighted by Gasteiger charge is -2.28.